The summed E-state index contributed by atoms with van der Waals surface area (Å²) in [7, 11) is 0. The van der Waals surface area contributed by atoms with Crippen molar-refractivity contribution in [2.75, 3.05) is 0 Å². The maximum absolute atomic E-state index is 9.59. The first-order valence-electron chi connectivity index (χ1n) is 4.05. The molecule has 0 amide bonds. The summed E-state index contributed by atoms with van der Waals surface area (Å²) >= 11 is 0. The molecule has 1 aliphatic rings. The zero-order chi connectivity index (χ0) is 7.78. The van der Waals surface area contributed by atoms with Gasteiger partial charge in [-0.1, -0.05) is 20.3 Å². The van der Waals surface area contributed by atoms with E-state index in [1.54, 1.807) is 0 Å². The number of hydrogen-bond acceptors (Lipinski definition) is 2. The normalized spacial score (nSPS) is 49.2. The highest BCUT2D eigenvalue weighted by atomic mass is 16.3. The Balaban J connectivity index is 2.60. The van der Waals surface area contributed by atoms with Crippen LogP contribution in [0.25, 0.3) is 0 Å². The predicted octanol–water partition coefficient (Wildman–Crippen LogP) is 1.09. The minimum absolute atomic E-state index is 0.251. The van der Waals surface area contributed by atoms with Crippen molar-refractivity contribution in [2.24, 2.45) is 17.6 Å². The summed E-state index contributed by atoms with van der Waals surface area (Å²) in [5.41, 5.74) is 4.78. The predicted molar refractivity (Wildman–Crippen MR) is 41.3 cm³/mol. The average Bonchev–Trinajstić information content (AvgIpc) is 1.83. The summed E-state index contributed by atoms with van der Waals surface area (Å²) < 4.78 is 0. The van der Waals surface area contributed by atoms with Crippen molar-refractivity contribution >= 4 is 0 Å². The van der Waals surface area contributed by atoms with Crippen molar-refractivity contribution in [1.29, 1.82) is 0 Å². The van der Waals surface area contributed by atoms with Crippen molar-refractivity contribution in [3.8, 4) is 0 Å². The van der Waals surface area contributed by atoms with Crippen LogP contribution in [0.4, 0.5) is 0 Å². The van der Waals surface area contributed by atoms with Crippen molar-refractivity contribution in [3.05, 3.63) is 0 Å². The molecule has 0 aromatic rings. The van der Waals surface area contributed by atoms with Crippen LogP contribution in [0.2, 0.25) is 0 Å². The largest absolute Gasteiger partial charge is 0.376 e. The first-order valence-corrected chi connectivity index (χ1v) is 4.05. The Hall–Kier alpha value is -0.0800. The van der Waals surface area contributed by atoms with Gasteiger partial charge in [-0.2, -0.15) is 0 Å². The zero-order valence-corrected chi connectivity index (χ0v) is 6.80. The fourth-order valence-corrected chi connectivity index (χ4v) is 1.68. The maximum Gasteiger partial charge on any atom is 0.116 e. The van der Waals surface area contributed by atoms with Gasteiger partial charge in [0.25, 0.3) is 0 Å². The van der Waals surface area contributed by atoms with Gasteiger partial charge >= 0.3 is 0 Å². The Morgan fingerprint density at radius 2 is 2.10 bits per heavy atom. The minimum atomic E-state index is -0.891. The number of nitrogens with two attached hydrogens (primary N) is 1. The van der Waals surface area contributed by atoms with Gasteiger partial charge in [0.1, 0.15) is 5.72 Å². The lowest BCUT2D eigenvalue weighted by Crippen LogP contribution is -2.50. The molecule has 3 N–H and O–H groups in total. The molecule has 10 heavy (non-hydrogen) atoms. The number of aliphatic hydroxyl groups is 1. The highest BCUT2D eigenvalue weighted by Crippen LogP contribution is 2.33. The van der Waals surface area contributed by atoms with Gasteiger partial charge < -0.3 is 10.8 Å². The molecular formula is C8H17NO. The highest BCUT2D eigenvalue weighted by Gasteiger charge is 2.35. The molecule has 1 rings (SSSR count). The van der Waals surface area contributed by atoms with Gasteiger partial charge in [-0.05, 0) is 18.8 Å². The molecule has 0 aromatic carbocycles. The van der Waals surface area contributed by atoms with Gasteiger partial charge in [-0.25, -0.2) is 0 Å². The van der Waals surface area contributed by atoms with Crippen LogP contribution in [0, 0.1) is 11.8 Å². The van der Waals surface area contributed by atoms with E-state index in [2.05, 4.69) is 6.92 Å². The van der Waals surface area contributed by atoms with Crippen LogP contribution in [0.1, 0.15) is 33.1 Å². The molecule has 1 aliphatic carbocycles. The Labute approximate surface area is 62.4 Å². The third kappa shape index (κ3) is 1.32. The average molecular weight is 143 g/mol. The molecule has 2 nitrogen and oxygen atoms in total. The van der Waals surface area contributed by atoms with Gasteiger partial charge in [0, 0.05) is 5.92 Å². The molecule has 3 unspecified atom stereocenters. The molecule has 0 radical (unpaired) electrons. The molecule has 0 bridgehead atoms. The van der Waals surface area contributed by atoms with Crippen molar-refractivity contribution in [3.63, 3.8) is 0 Å². The molecule has 0 heterocycles. The molecule has 0 aliphatic heterocycles. The number of hydrogen-bond donors (Lipinski definition) is 2. The first-order chi connectivity index (χ1) is 4.54. The van der Waals surface area contributed by atoms with Gasteiger partial charge in [-0.15, -0.1) is 0 Å². The lowest BCUT2D eigenvalue weighted by atomic mass is 9.76. The second-order valence-corrected chi connectivity index (χ2v) is 3.65. The second-order valence-electron chi connectivity index (χ2n) is 3.65. The third-order valence-corrected chi connectivity index (χ3v) is 2.88. The zero-order valence-electron chi connectivity index (χ0n) is 6.80. The van der Waals surface area contributed by atoms with Crippen molar-refractivity contribution in [2.45, 2.75) is 38.8 Å². The fraction of sp³-hybridized carbons (Fsp3) is 1.00. The topological polar surface area (TPSA) is 46.2 Å². The van der Waals surface area contributed by atoms with Crippen LogP contribution in [0.5, 0.6) is 0 Å². The molecule has 1 saturated carbocycles. The second kappa shape index (κ2) is 2.51. The van der Waals surface area contributed by atoms with Crippen LogP contribution in [0.3, 0.4) is 0 Å². The van der Waals surface area contributed by atoms with E-state index in [0.29, 0.717) is 5.92 Å². The van der Waals surface area contributed by atoms with E-state index in [1.807, 2.05) is 6.92 Å². The van der Waals surface area contributed by atoms with Crippen molar-refractivity contribution in [1.82, 2.24) is 0 Å². The third-order valence-electron chi connectivity index (χ3n) is 2.88. The smallest absolute Gasteiger partial charge is 0.116 e. The van der Waals surface area contributed by atoms with E-state index in [0.717, 1.165) is 12.8 Å². The molecule has 0 spiro atoms. The Bertz CT molecular complexity index is 122. The van der Waals surface area contributed by atoms with Crippen LogP contribution in [-0.2, 0) is 0 Å². The molecule has 0 saturated heterocycles. The number of rotatable bonds is 0. The Kier molecular flexibility index (Phi) is 2.02. The lowest BCUT2D eigenvalue weighted by Gasteiger charge is -2.38. The van der Waals surface area contributed by atoms with Gasteiger partial charge in [-0.3, -0.25) is 0 Å². The van der Waals surface area contributed by atoms with Crippen LogP contribution in [0.15, 0.2) is 0 Å². The first kappa shape index (κ1) is 8.02. The summed E-state index contributed by atoms with van der Waals surface area (Å²) in [5.74, 6) is 0.824. The van der Waals surface area contributed by atoms with E-state index in [9.17, 15) is 5.11 Å². The molecule has 2 heteroatoms. The van der Waals surface area contributed by atoms with Crippen LogP contribution in [-0.4, -0.2) is 10.8 Å². The van der Waals surface area contributed by atoms with E-state index in [4.69, 9.17) is 5.73 Å². The Morgan fingerprint density at radius 3 is 2.50 bits per heavy atom. The van der Waals surface area contributed by atoms with E-state index in [1.165, 1.54) is 6.42 Å². The molecule has 1 fully saturated rings. The molecule has 0 aromatic heterocycles. The van der Waals surface area contributed by atoms with Gasteiger partial charge in [0.15, 0.2) is 0 Å². The molecule has 3 atom stereocenters. The summed E-state index contributed by atoms with van der Waals surface area (Å²) in [6, 6.07) is 0. The summed E-state index contributed by atoms with van der Waals surface area (Å²) in [6.45, 7) is 4.19. The van der Waals surface area contributed by atoms with Crippen molar-refractivity contribution < 1.29 is 5.11 Å². The minimum Gasteiger partial charge on any atom is -0.376 e. The Morgan fingerprint density at radius 1 is 1.50 bits per heavy atom. The quantitative estimate of drug-likeness (QED) is 0.499. The summed E-state index contributed by atoms with van der Waals surface area (Å²) in [5, 5.41) is 9.59. The SMILES string of the molecule is CC1CCCC(N)(O)C1C. The van der Waals surface area contributed by atoms with Gasteiger partial charge in [0.2, 0.25) is 0 Å². The van der Waals surface area contributed by atoms with Crippen LogP contribution < -0.4 is 5.73 Å². The highest BCUT2D eigenvalue weighted by molar-refractivity contribution is 4.85. The molecule has 60 valence electrons. The summed E-state index contributed by atoms with van der Waals surface area (Å²) in [4.78, 5) is 0. The van der Waals surface area contributed by atoms with Gasteiger partial charge in [0.05, 0.1) is 0 Å². The fourth-order valence-electron chi connectivity index (χ4n) is 1.68. The standard InChI is InChI=1S/C8H17NO/c1-6-4-3-5-8(9,10)7(6)2/h6-7,10H,3-5,9H2,1-2H3. The van der Waals surface area contributed by atoms with Crippen LogP contribution >= 0.6 is 0 Å². The molecular weight excluding hydrogens is 126 g/mol. The monoisotopic (exact) mass is 143 g/mol. The lowest BCUT2D eigenvalue weighted by molar-refractivity contribution is -0.0574. The van der Waals surface area contributed by atoms with E-state index in [-0.39, 0.29) is 5.92 Å². The maximum atomic E-state index is 9.59. The summed E-state index contributed by atoms with van der Waals surface area (Å²) in [6.07, 6.45) is 3.04. The van der Waals surface area contributed by atoms with E-state index < -0.39 is 5.72 Å². The van der Waals surface area contributed by atoms with E-state index >= 15 is 0 Å².